The van der Waals surface area contributed by atoms with Crippen molar-refractivity contribution in [2.24, 2.45) is 0 Å². The van der Waals surface area contributed by atoms with Crippen LogP contribution in [0.25, 0.3) is 0 Å². The van der Waals surface area contributed by atoms with E-state index in [2.05, 4.69) is 10.6 Å². The van der Waals surface area contributed by atoms with E-state index < -0.39 is 6.04 Å². The second kappa shape index (κ2) is 8.35. The van der Waals surface area contributed by atoms with Crippen molar-refractivity contribution in [1.29, 1.82) is 0 Å². The van der Waals surface area contributed by atoms with Crippen molar-refractivity contribution in [1.82, 2.24) is 10.2 Å². The lowest BCUT2D eigenvalue weighted by Gasteiger charge is -2.27. The maximum Gasteiger partial charge on any atom is 0.242 e. The first kappa shape index (κ1) is 19.1. The van der Waals surface area contributed by atoms with Gasteiger partial charge in [0.1, 0.15) is 6.04 Å². The maximum atomic E-state index is 12.8. The Balaban J connectivity index is 1.71. The number of likely N-dealkylation sites (N-methyl/N-ethyl adjacent to an activating group) is 1. The van der Waals surface area contributed by atoms with E-state index in [1.807, 2.05) is 69.4 Å². The molecule has 2 aromatic carbocycles. The van der Waals surface area contributed by atoms with Gasteiger partial charge in [-0.2, -0.15) is 0 Å². The fourth-order valence-corrected chi connectivity index (χ4v) is 3.14. The third-order valence-corrected chi connectivity index (χ3v) is 5.00. The Hall–Kier alpha value is -2.66. The molecule has 1 fully saturated rings. The standard InChI is InChI=1S/C22H27N3O2/c1-15-8-7-11-19(16(15)2)24-20(26)14-25(3)21(17-9-5-4-6-10-17)22(27)23-18-12-13-18/h4-11,18,21H,12-14H2,1-3H3,(H,23,27)(H,24,26)/t21-/m0/s1. The number of nitrogens with zero attached hydrogens (tertiary/aromatic N) is 1. The number of amides is 2. The molecule has 142 valence electrons. The van der Waals surface area contributed by atoms with Crippen LogP contribution in [0.1, 0.15) is 35.6 Å². The van der Waals surface area contributed by atoms with Crippen LogP contribution in [0.2, 0.25) is 0 Å². The zero-order valence-electron chi connectivity index (χ0n) is 16.2. The largest absolute Gasteiger partial charge is 0.352 e. The van der Waals surface area contributed by atoms with Crippen molar-refractivity contribution in [3.8, 4) is 0 Å². The van der Waals surface area contributed by atoms with Crippen LogP contribution >= 0.6 is 0 Å². The van der Waals surface area contributed by atoms with Crippen LogP contribution in [0, 0.1) is 13.8 Å². The third kappa shape index (κ3) is 4.95. The van der Waals surface area contributed by atoms with E-state index in [4.69, 9.17) is 0 Å². The molecule has 0 aliphatic heterocycles. The fraction of sp³-hybridized carbons (Fsp3) is 0.364. The van der Waals surface area contributed by atoms with Gasteiger partial charge in [0, 0.05) is 11.7 Å². The Kier molecular flexibility index (Phi) is 5.91. The number of hydrogen-bond acceptors (Lipinski definition) is 3. The van der Waals surface area contributed by atoms with Gasteiger partial charge >= 0.3 is 0 Å². The van der Waals surface area contributed by atoms with Crippen LogP contribution < -0.4 is 10.6 Å². The highest BCUT2D eigenvalue weighted by molar-refractivity contribution is 5.93. The lowest BCUT2D eigenvalue weighted by Crippen LogP contribution is -2.42. The quantitative estimate of drug-likeness (QED) is 0.792. The molecule has 0 radical (unpaired) electrons. The first-order valence-electron chi connectivity index (χ1n) is 9.37. The highest BCUT2D eigenvalue weighted by Crippen LogP contribution is 2.24. The molecule has 0 unspecified atom stereocenters. The minimum atomic E-state index is -0.490. The molecule has 0 saturated heterocycles. The van der Waals surface area contributed by atoms with Gasteiger partial charge in [-0.3, -0.25) is 14.5 Å². The predicted molar refractivity (Wildman–Crippen MR) is 108 cm³/mol. The van der Waals surface area contributed by atoms with Crippen molar-refractivity contribution >= 4 is 17.5 Å². The molecule has 2 amide bonds. The van der Waals surface area contributed by atoms with E-state index in [9.17, 15) is 9.59 Å². The summed E-state index contributed by atoms with van der Waals surface area (Å²) in [6.45, 7) is 4.14. The topological polar surface area (TPSA) is 61.4 Å². The average molecular weight is 365 g/mol. The third-order valence-electron chi connectivity index (χ3n) is 5.00. The molecule has 5 heteroatoms. The zero-order valence-corrected chi connectivity index (χ0v) is 16.2. The molecule has 3 rings (SSSR count). The number of carbonyl (C=O) groups excluding carboxylic acids is 2. The van der Waals surface area contributed by atoms with E-state index in [1.165, 1.54) is 0 Å². The minimum Gasteiger partial charge on any atom is -0.352 e. The summed E-state index contributed by atoms with van der Waals surface area (Å²) in [6, 6.07) is 15.2. The Bertz CT molecular complexity index is 816. The normalized spacial score (nSPS) is 14.7. The summed E-state index contributed by atoms with van der Waals surface area (Å²) in [4.78, 5) is 27.2. The van der Waals surface area contributed by atoms with Crippen LogP contribution in [0.4, 0.5) is 5.69 Å². The van der Waals surface area contributed by atoms with Crippen LogP contribution in [0.15, 0.2) is 48.5 Å². The fourth-order valence-electron chi connectivity index (χ4n) is 3.14. The summed E-state index contributed by atoms with van der Waals surface area (Å²) in [6.07, 6.45) is 2.06. The second-order valence-electron chi connectivity index (χ2n) is 7.31. The summed E-state index contributed by atoms with van der Waals surface area (Å²) in [5, 5.41) is 6.03. The van der Waals surface area contributed by atoms with E-state index in [0.717, 1.165) is 35.2 Å². The second-order valence-corrected chi connectivity index (χ2v) is 7.31. The van der Waals surface area contributed by atoms with Gasteiger partial charge in [0.2, 0.25) is 11.8 Å². The van der Waals surface area contributed by atoms with Crippen LogP contribution in [-0.4, -0.2) is 36.3 Å². The molecular weight excluding hydrogens is 338 g/mol. The van der Waals surface area contributed by atoms with Gasteiger partial charge < -0.3 is 10.6 Å². The SMILES string of the molecule is Cc1cccc(NC(=O)CN(C)[C@H](C(=O)NC2CC2)c2ccccc2)c1C. The number of aryl methyl sites for hydroxylation is 1. The summed E-state index contributed by atoms with van der Waals surface area (Å²) in [5.41, 5.74) is 3.89. The number of hydrogen-bond donors (Lipinski definition) is 2. The van der Waals surface area contributed by atoms with E-state index >= 15 is 0 Å². The first-order chi connectivity index (χ1) is 13.0. The van der Waals surface area contributed by atoms with Gasteiger partial charge in [-0.25, -0.2) is 0 Å². The number of anilines is 1. The van der Waals surface area contributed by atoms with E-state index in [-0.39, 0.29) is 24.4 Å². The Morgan fingerprint density at radius 2 is 1.78 bits per heavy atom. The Morgan fingerprint density at radius 3 is 2.44 bits per heavy atom. The van der Waals surface area contributed by atoms with Gasteiger partial charge in [-0.05, 0) is 56.5 Å². The van der Waals surface area contributed by atoms with Gasteiger partial charge in [0.05, 0.1) is 6.54 Å². The lowest BCUT2D eigenvalue weighted by atomic mass is 10.0. The van der Waals surface area contributed by atoms with Crippen molar-refractivity contribution in [2.45, 2.75) is 38.8 Å². The summed E-state index contributed by atoms with van der Waals surface area (Å²) < 4.78 is 0. The molecule has 2 N–H and O–H groups in total. The smallest absolute Gasteiger partial charge is 0.242 e. The summed E-state index contributed by atoms with van der Waals surface area (Å²) in [5.74, 6) is -0.183. The molecular formula is C22H27N3O2. The maximum absolute atomic E-state index is 12.8. The number of rotatable bonds is 7. The molecule has 1 saturated carbocycles. The molecule has 1 aliphatic carbocycles. The van der Waals surface area contributed by atoms with E-state index in [1.54, 1.807) is 4.90 Å². The van der Waals surface area contributed by atoms with E-state index in [0.29, 0.717) is 0 Å². The van der Waals surface area contributed by atoms with Crippen molar-refractivity contribution < 1.29 is 9.59 Å². The van der Waals surface area contributed by atoms with Crippen molar-refractivity contribution in [3.63, 3.8) is 0 Å². The highest BCUT2D eigenvalue weighted by atomic mass is 16.2. The van der Waals surface area contributed by atoms with Crippen LogP contribution in [-0.2, 0) is 9.59 Å². The van der Waals surface area contributed by atoms with Crippen molar-refractivity contribution in [3.05, 3.63) is 65.2 Å². The first-order valence-corrected chi connectivity index (χ1v) is 9.37. The molecule has 2 aromatic rings. The van der Waals surface area contributed by atoms with Gasteiger partial charge in [0.15, 0.2) is 0 Å². The minimum absolute atomic E-state index is 0.0502. The highest BCUT2D eigenvalue weighted by Gasteiger charge is 2.31. The molecule has 1 aliphatic rings. The zero-order chi connectivity index (χ0) is 19.4. The molecule has 5 nitrogen and oxygen atoms in total. The summed E-state index contributed by atoms with van der Waals surface area (Å²) in [7, 11) is 1.81. The van der Waals surface area contributed by atoms with Gasteiger partial charge in [-0.1, -0.05) is 42.5 Å². The average Bonchev–Trinajstić information content (AvgIpc) is 3.44. The molecule has 0 heterocycles. The number of nitrogens with one attached hydrogen (secondary N) is 2. The molecule has 0 aromatic heterocycles. The number of carbonyl (C=O) groups is 2. The molecule has 1 atom stereocenters. The molecule has 0 bridgehead atoms. The van der Waals surface area contributed by atoms with Crippen LogP contribution in [0.5, 0.6) is 0 Å². The monoisotopic (exact) mass is 365 g/mol. The van der Waals surface area contributed by atoms with Crippen molar-refractivity contribution in [2.75, 3.05) is 18.9 Å². The molecule has 0 spiro atoms. The summed E-state index contributed by atoms with van der Waals surface area (Å²) >= 11 is 0. The Labute approximate surface area is 160 Å². The Morgan fingerprint density at radius 1 is 1.07 bits per heavy atom. The van der Waals surface area contributed by atoms with Crippen LogP contribution in [0.3, 0.4) is 0 Å². The molecule has 27 heavy (non-hydrogen) atoms. The van der Waals surface area contributed by atoms with Gasteiger partial charge in [0.25, 0.3) is 0 Å². The lowest BCUT2D eigenvalue weighted by molar-refractivity contribution is -0.127. The predicted octanol–water partition coefficient (Wildman–Crippen LogP) is 3.19. The number of benzene rings is 2. The van der Waals surface area contributed by atoms with Gasteiger partial charge in [-0.15, -0.1) is 0 Å².